The van der Waals surface area contributed by atoms with Gasteiger partial charge < -0.3 is 5.32 Å². The molecule has 0 fully saturated rings. The molecule has 1 aromatic rings. The van der Waals surface area contributed by atoms with Crippen LogP contribution in [-0.2, 0) is 6.18 Å². The summed E-state index contributed by atoms with van der Waals surface area (Å²) in [6, 6.07) is 2.13. The van der Waals surface area contributed by atoms with Gasteiger partial charge in [0, 0.05) is 11.6 Å². The molecule has 0 radical (unpaired) electrons. The summed E-state index contributed by atoms with van der Waals surface area (Å²) >= 11 is 0. The summed E-state index contributed by atoms with van der Waals surface area (Å²) in [6.07, 6.45) is -3.46. The number of halogens is 4. The van der Waals surface area contributed by atoms with Crippen molar-refractivity contribution in [3.05, 3.63) is 35.1 Å². The first kappa shape index (κ1) is 15.5. The van der Waals surface area contributed by atoms with Crippen LogP contribution in [0, 0.1) is 5.82 Å². The normalized spacial score (nSPS) is 11.7. The van der Waals surface area contributed by atoms with E-state index >= 15 is 0 Å². The van der Waals surface area contributed by atoms with Crippen LogP contribution in [0.5, 0.6) is 0 Å². The lowest BCUT2D eigenvalue weighted by Crippen LogP contribution is -2.34. The Morgan fingerprint density at radius 3 is 2.32 bits per heavy atom. The zero-order valence-electron chi connectivity index (χ0n) is 10.6. The molecule has 0 bridgehead atoms. The van der Waals surface area contributed by atoms with E-state index in [1.165, 1.54) is 0 Å². The first-order valence-electron chi connectivity index (χ1n) is 5.97. The molecule has 2 nitrogen and oxygen atoms in total. The molecular weight excluding hydrogens is 262 g/mol. The molecule has 1 amide bonds. The third-order valence-electron chi connectivity index (χ3n) is 2.85. The van der Waals surface area contributed by atoms with Gasteiger partial charge in [0.25, 0.3) is 5.91 Å². The lowest BCUT2D eigenvalue weighted by molar-refractivity contribution is -0.140. The minimum Gasteiger partial charge on any atom is -0.349 e. The maximum atomic E-state index is 13.1. The molecule has 6 heteroatoms. The van der Waals surface area contributed by atoms with Crippen LogP contribution in [0.4, 0.5) is 17.6 Å². The van der Waals surface area contributed by atoms with Gasteiger partial charge in [0.05, 0.1) is 5.56 Å². The first-order chi connectivity index (χ1) is 8.79. The van der Waals surface area contributed by atoms with Crippen LogP contribution < -0.4 is 5.32 Å². The minimum atomic E-state index is -4.81. The highest BCUT2D eigenvalue weighted by Gasteiger charge is 2.34. The van der Waals surface area contributed by atoms with Gasteiger partial charge in [-0.1, -0.05) is 13.8 Å². The van der Waals surface area contributed by atoms with Crippen LogP contribution in [0.2, 0.25) is 0 Å². The molecule has 0 heterocycles. The van der Waals surface area contributed by atoms with Gasteiger partial charge in [-0.25, -0.2) is 4.39 Å². The van der Waals surface area contributed by atoms with Crippen LogP contribution in [-0.4, -0.2) is 11.9 Å². The molecule has 0 spiro atoms. The van der Waals surface area contributed by atoms with Crippen LogP contribution >= 0.6 is 0 Å². The summed E-state index contributed by atoms with van der Waals surface area (Å²) in [5, 5.41) is 2.60. The molecule has 1 aromatic carbocycles. The molecule has 0 saturated heterocycles. The Labute approximate surface area is 108 Å². The van der Waals surface area contributed by atoms with E-state index in [1.54, 1.807) is 0 Å². The molecule has 0 aliphatic rings. The summed E-state index contributed by atoms with van der Waals surface area (Å²) in [4.78, 5) is 11.8. The molecule has 0 aliphatic heterocycles. The number of rotatable bonds is 4. The second-order valence-electron chi connectivity index (χ2n) is 4.18. The Morgan fingerprint density at radius 1 is 1.26 bits per heavy atom. The Hall–Kier alpha value is -1.59. The predicted molar refractivity (Wildman–Crippen MR) is 63.2 cm³/mol. The average Bonchev–Trinajstić information content (AvgIpc) is 2.34. The van der Waals surface area contributed by atoms with E-state index in [2.05, 4.69) is 5.32 Å². The average molecular weight is 277 g/mol. The van der Waals surface area contributed by atoms with Crippen molar-refractivity contribution in [1.82, 2.24) is 5.32 Å². The monoisotopic (exact) mass is 277 g/mol. The molecule has 0 atom stereocenters. The number of alkyl halides is 3. The Kier molecular flexibility index (Phi) is 4.91. The largest absolute Gasteiger partial charge is 0.419 e. The van der Waals surface area contributed by atoms with Gasteiger partial charge in [-0.05, 0) is 31.0 Å². The number of hydrogen-bond donors (Lipinski definition) is 1. The van der Waals surface area contributed by atoms with Crippen LogP contribution in [0.3, 0.4) is 0 Å². The van der Waals surface area contributed by atoms with E-state index < -0.39 is 23.5 Å². The number of amides is 1. The van der Waals surface area contributed by atoms with E-state index in [1.807, 2.05) is 13.8 Å². The third kappa shape index (κ3) is 3.94. The highest BCUT2D eigenvalue weighted by molar-refractivity contribution is 5.94. The maximum Gasteiger partial charge on any atom is 0.419 e. The molecule has 0 aromatic heterocycles. The van der Waals surface area contributed by atoms with E-state index in [0.29, 0.717) is 25.0 Å². The van der Waals surface area contributed by atoms with Gasteiger partial charge >= 0.3 is 6.18 Å². The maximum absolute atomic E-state index is 13.1. The van der Waals surface area contributed by atoms with Crippen molar-refractivity contribution in [2.24, 2.45) is 0 Å². The van der Waals surface area contributed by atoms with E-state index in [-0.39, 0.29) is 11.6 Å². The molecule has 1 N–H and O–H groups in total. The second kappa shape index (κ2) is 6.04. The first-order valence-corrected chi connectivity index (χ1v) is 5.97. The summed E-state index contributed by atoms with van der Waals surface area (Å²) in [5.41, 5.74) is -1.62. The Morgan fingerprint density at radius 2 is 1.84 bits per heavy atom. The molecule has 0 aliphatic carbocycles. The minimum absolute atomic E-state index is 0.105. The summed E-state index contributed by atoms with van der Waals surface area (Å²) in [7, 11) is 0. The molecular formula is C13H15F4NO. The van der Waals surface area contributed by atoms with Crippen molar-refractivity contribution in [3.63, 3.8) is 0 Å². The van der Waals surface area contributed by atoms with Crippen molar-refractivity contribution in [2.75, 3.05) is 0 Å². The lowest BCUT2D eigenvalue weighted by atomic mass is 10.1. The SMILES string of the molecule is CCC(CC)NC(=O)c1ccc(F)c(C(F)(F)F)c1. The van der Waals surface area contributed by atoms with Crippen LogP contribution in [0.15, 0.2) is 18.2 Å². The molecule has 1 rings (SSSR count). The summed E-state index contributed by atoms with van der Waals surface area (Å²) in [6.45, 7) is 3.72. The van der Waals surface area contributed by atoms with Crippen molar-refractivity contribution in [1.29, 1.82) is 0 Å². The van der Waals surface area contributed by atoms with Crippen molar-refractivity contribution < 1.29 is 22.4 Å². The standard InChI is InChI=1S/C13H15F4NO/c1-3-9(4-2)18-12(19)8-5-6-11(14)10(7-8)13(15,16)17/h5-7,9H,3-4H2,1-2H3,(H,18,19). The fourth-order valence-electron chi connectivity index (χ4n) is 1.65. The van der Waals surface area contributed by atoms with Gasteiger partial charge in [-0.15, -0.1) is 0 Å². The second-order valence-corrected chi connectivity index (χ2v) is 4.18. The molecule has 106 valence electrons. The quantitative estimate of drug-likeness (QED) is 0.834. The number of hydrogen-bond acceptors (Lipinski definition) is 1. The van der Waals surface area contributed by atoms with Gasteiger partial charge in [-0.3, -0.25) is 4.79 Å². The lowest BCUT2D eigenvalue weighted by Gasteiger charge is -2.15. The molecule has 19 heavy (non-hydrogen) atoms. The van der Waals surface area contributed by atoms with Gasteiger partial charge in [0.2, 0.25) is 0 Å². The van der Waals surface area contributed by atoms with Crippen molar-refractivity contribution in [2.45, 2.75) is 38.9 Å². The summed E-state index contributed by atoms with van der Waals surface area (Å²) in [5.74, 6) is -2.01. The van der Waals surface area contributed by atoms with Crippen molar-refractivity contribution >= 4 is 5.91 Å². The summed E-state index contributed by atoms with van der Waals surface area (Å²) < 4.78 is 50.6. The number of carbonyl (C=O) groups excluding carboxylic acids is 1. The third-order valence-corrected chi connectivity index (χ3v) is 2.85. The molecule has 0 saturated carbocycles. The van der Waals surface area contributed by atoms with Crippen molar-refractivity contribution in [3.8, 4) is 0 Å². The zero-order chi connectivity index (χ0) is 14.6. The van der Waals surface area contributed by atoms with Crippen LogP contribution in [0.25, 0.3) is 0 Å². The van der Waals surface area contributed by atoms with Crippen LogP contribution in [0.1, 0.15) is 42.6 Å². The Balaban J connectivity index is 2.99. The topological polar surface area (TPSA) is 29.1 Å². The Bertz CT molecular complexity index is 452. The van der Waals surface area contributed by atoms with Gasteiger partial charge in [-0.2, -0.15) is 13.2 Å². The fourth-order valence-corrected chi connectivity index (χ4v) is 1.65. The van der Waals surface area contributed by atoms with E-state index in [4.69, 9.17) is 0 Å². The number of carbonyl (C=O) groups is 1. The fraction of sp³-hybridized carbons (Fsp3) is 0.462. The zero-order valence-corrected chi connectivity index (χ0v) is 10.6. The highest BCUT2D eigenvalue weighted by Crippen LogP contribution is 2.31. The van der Waals surface area contributed by atoms with Gasteiger partial charge in [0.1, 0.15) is 5.82 Å². The van der Waals surface area contributed by atoms with E-state index in [0.717, 1.165) is 6.07 Å². The number of nitrogens with one attached hydrogen (secondary N) is 1. The van der Waals surface area contributed by atoms with E-state index in [9.17, 15) is 22.4 Å². The smallest absolute Gasteiger partial charge is 0.349 e. The van der Waals surface area contributed by atoms with Gasteiger partial charge in [0.15, 0.2) is 0 Å². The molecule has 0 unspecified atom stereocenters. The predicted octanol–water partition coefficient (Wildman–Crippen LogP) is 3.76. The number of benzene rings is 1. The highest BCUT2D eigenvalue weighted by atomic mass is 19.4.